The van der Waals surface area contributed by atoms with Gasteiger partial charge in [-0.15, -0.1) is 0 Å². The first-order valence-corrected chi connectivity index (χ1v) is 3.29. The van der Waals surface area contributed by atoms with Crippen LogP contribution in [0.4, 0.5) is 0 Å². The predicted molar refractivity (Wildman–Crippen MR) is 45.5 cm³/mol. The van der Waals surface area contributed by atoms with Gasteiger partial charge in [-0.2, -0.15) is 0 Å². The monoisotopic (exact) mass is 166 g/mol. The molecule has 3 nitrogen and oxygen atoms in total. The van der Waals surface area contributed by atoms with Gasteiger partial charge in [-0.05, 0) is 12.2 Å². The van der Waals surface area contributed by atoms with Gasteiger partial charge in [-0.25, -0.2) is 4.79 Å². The SMILES string of the molecule is C=CC(=O)/C=C/C=C/C(=O)OC. The second-order valence-corrected chi connectivity index (χ2v) is 1.85. The molecule has 0 fully saturated rings. The van der Waals surface area contributed by atoms with Gasteiger partial charge in [0, 0.05) is 6.08 Å². The molecule has 0 aromatic carbocycles. The summed E-state index contributed by atoms with van der Waals surface area (Å²) in [4.78, 5) is 21.0. The molecule has 0 amide bonds. The summed E-state index contributed by atoms with van der Waals surface area (Å²) in [5.74, 6) is -0.657. The van der Waals surface area contributed by atoms with Crippen LogP contribution in [0.3, 0.4) is 0 Å². The van der Waals surface area contributed by atoms with Crippen molar-refractivity contribution in [3.63, 3.8) is 0 Å². The molecule has 0 heterocycles. The first kappa shape index (κ1) is 10.4. The molecule has 0 aliphatic rings. The Labute approximate surface area is 71.0 Å². The van der Waals surface area contributed by atoms with Gasteiger partial charge < -0.3 is 4.74 Å². The zero-order valence-electron chi connectivity index (χ0n) is 6.82. The van der Waals surface area contributed by atoms with Crippen molar-refractivity contribution in [2.45, 2.75) is 0 Å². The number of ketones is 1. The first-order valence-electron chi connectivity index (χ1n) is 3.29. The fourth-order valence-corrected chi connectivity index (χ4v) is 0.421. The molecule has 64 valence electrons. The molecule has 0 rings (SSSR count). The fourth-order valence-electron chi connectivity index (χ4n) is 0.421. The van der Waals surface area contributed by atoms with Crippen molar-refractivity contribution in [1.29, 1.82) is 0 Å². The molecule has 0 aliphatic heterocycles. The van der Waals surface area contributed by atoms with E-state index in [1.807, 2.05) is 0 Å². The molecule has 0 spiro atoms. The van der Waals surface area contributed by atoms with Crippen LogP contribution in [0, 0.1) is 0 Å². The van der Waals surface area contributed by atoms with Crippen LogP contribution in [0.2, 0.25) is 0 Å². The summed E-state index contributed by atoms with van der Waals surface area (Å²) in [7, 11) is 1.28. The maximum Gasteiger partial charge on any atom is 0.330 e. The van der Waals surface area contributed by atoms with E-state index in [-0.39, 0.29) is 5.78 Å². The van der Waals surface area contributed by atoms with E-state index in [0.29, 0.717) is 0 Å². The van der Waals surface area contributed by atoms with E-state index < -0.39 is 5.97 Å². The van der Waals surface area contributed by atoms with Crippen LogP contribution in [0.1, 0.15) is 0 Å². The summed E-state index contributed by atoms with van der Waals surface area (Å²) in [5.41, 5.74) is 0. The lowest BCUT2D eigenvalue weighted by Crippen LogP contribution is -1.92. The zero-order chi connectivity index (χ0) is 9.40. The number of allylic oxidation sites excluding steroid dienone is 4. The molecule has 0 atom stereocenters. The summed E-state index contributed by atoms with van der Waals surface area (Å²) in [5, 5.41) is 0. The Hall–Kier alpha value is -1.64. The lowest BCUT2D eigenvalue weighted by atomic mass is 10.3. The minimum absolute atomic E-state index is 0.204. The molecule has 0 N–H and O–H groups in total. The first-order chi connectivity index (χ1) is 5.70. The number of ether oxygens (including phenoxy) is 1. The van der Waals surface area contributed by atoms with Gasteiger partial charge in [0.25, 0.3) is 0 Å². The molecule has 0 radical (unpaired) electrons. The van der Waals surface area contributed by atoms with Gasteiger partial charge >= 0.3 is 5.97 Å². The summed E-state index contributed by atoms with van der Waals surface area (Å²) in [6, 6.07) is 0. The summed E-state index contributed by atoms with van der Waals surface area (Å²) >= 11 is 0. The lowest BCUT2D eigenvalue weighted by molar-refractivity contribution is -0.134. The highest BCUT2D eigenvalue weighted by Crippen LogP contribution is 1.82. The second kappa shape index (κ2) is 6.09. The van der Waals surface area contributed by atoms with Crippen LogP contribution in [0.5, 0.6) is 0 Å². The Balaban J connectivity index is 3.89. The van der Waals surface area contributed by atoms with Crippen molar-refractivity contribution >= 4 is 11.8 Å². The molecule has 0 aliphatic carbocycles. The Bertz CT molecular complexity index is 236. The standard InChI is InChI=1S/C9H10O3/c1-3-8(10)6-4-5-7-9(11)12-2/h3-7H,1H2,2H3/b6-4+,7-5+. The molecule has 0 unspecified atom stereocenters. The average Bonchev–Trinajstić information content (AvgIpc) is 2.11. The summed E-state index contributed by atoms with van der Waals surface area (Å²) < 4.78 is 4.32. The molecule has 0 aromatic heterocycles. The number of rotatable bonds is 4. The van der Waals surface area contributed by atoms with E-state index in [1.165, 1.54) is 37.5 Å². The third-order valence-electron chi connectivity index (χ3n) is 1.01. The molecule has 0 saturated carbocycles. The molecule has 0 aromatic rings. The topological polar surface area (TPSA) is 43.4 Å². The molecule has 3 heteroatoms. The van der Waals surface area contributed by atoms with Gasteiger partial charge in [0.2, 0.25) is 0 Å². The molecular formula is C9H10O3. The largest absolute Gasteiger partial charge is 0.466 e. The summed E-state index contributed by atoms with van der Waals surface area (Å²) in [6.07, 6.45) is 6.57. The third-order valence-corrected chi connectivity index (χ3v) is 1.01. The summed E-state index contributed by atoms with van der Waals surface area (Å²) in [6.45, 7) is 3.27. The average molecular weight is 166 g/mol. The fraction of sp³-hybridized carbons (Fsp3) is 0.111. The highest BCUT2D eigenvalue weighted by atomic mass is 16.5. The van der Waals surface area contributed by atoms with Gasteiger partial charge in [-0.1, -0.05) is 18.7 Å². The van der Waals surface area contributed by atoms with E-state index >= 15 is 0 Å². The lowest BCUT2D eigenvalue weighted by Gasteiger charge is -1.85. The van der Waals surface area contributed by atoms with Crippen LogP contribution in [0.25, 0.3) is 0 Å². The van der Waals surface area contributed by atoms with Crippen molar-refractivity contribution in [3.8, 4) is 0 Å². The highest BCUT2D eigenvalue weighted by molar-refractivity contribution is 5.98. The van der Waals surface area contributed by atoms with Gasteiger partial charge in [0.05, 0.1) is 7.11 Å². The van der Waals surface area contributed by atoms with E-state index in [4.69, 9.17) is 0 Å². The van der Waals surface area contributed by atoms with Crippen LogP contribution >= 0.6 is 0 Å². The van der Waals surface area contributed by atoms with Crippen molar-refractivity contribution in [3.05, 3.63) is 37.0 Å². The maximum atomic E-state index is 10.6. The van der Waals surface area contributed by atoms with Crippen molar-refractivity contribution in [2.75, 3.05) is 7.11 Å². The number of carbonyl (C=O) groups is 2. The van der Waals surface area contributed by atoms with Crippen LogP contribution in [0.15, 0.2) is 37.0 Å². The Morgan fingerprint density at radius 1 is 1.25 bits per heavy atom. The Morgan fingerprint density at radius 3 is 2.33 bits per heavy atom. The number of esters is 1. The van der Waals surface area contributed by atoms with Crippen molar-refractivity contribution in [2.24, 2.45) is 0 Å². The van der Waals surface area contributed by atoms with Crippen LogP contribution < -0.4 is 0 Å². The number of methoxy groups -OCH3 is 1. The van der Waals surface area contributed by atoms with Crippen LogP contribution in [-0.4, -0.2) is 18.9 Å². The second-order valence-electron chi connectivity index (χ2n) is 1.85. The molecule has 0 saturated heterocycles. The Kier molecular flexibility index (Phi) is 5.26. The molecular weight excluding hydrogens is 156 g/mol. The quantitative estimate of drug-likeness (QED) is 0.356. The van der Waals surface area contributed by atoms with Gasteiger partial charge in [0.1, 0.15) is 0 Å². The molecule has 12 heavy (non-hydrogen) atoms. The van der Waals surface area contributed by atoms with Gasteiger partial charge in [-0.3, -0.25) is 4.79 Å². The maximum absolute atomic E-state index is 10.6. The minimum atomic E-state index is -0.453. The van der Waals surface area contributed by atoms with Crippen molar-refractivity contribution in [1.82, 2.24) is 0 Å². The number of hydrogen-bond donors (Lipinski definition) is 0. The Morgan fingerprint density at radius 2 is 1.83 bits per heavy atom. The van der Waals surface area contributed by atoms with E-state index in [9.17, 15) is 9.59 Å². The molecule has 0 bridgehead atoms. The zero-order valence-corrected chi connectivity index (χ0v) is 6.82. The van der Waals surface area contributed by atoms with E-state index in [0.717, 1.165) is 0 Å². The number of carbonyl (C=O) groups excluding carboxylic acids is 2. The van der Waals surface area contributed by atoms with E-state index in [2.05, 4.69) is 11.3 Å². The smallest absolute Gasteiger partial charge is 0.330 e. The third kappa shape index (κ3) is 5.17. The van der Waals surface area contributed by atoms with Crippen LogP contribution in [-0.2, 0) is 14.3 Å². The minimum Gasteiger partial charge on any atom is -0.466 e. The predicted octanol–water partition coefficient (Wildman–Crippen LogP) is 1.03. The van der Waals surface area contributed by atoms with E-state index in [1.54, 1.807) is 0 Å². The van der Waals surface area contributed by atoms with Gasteiger partial charge in [0.15, 0.2) is 5.78 Å². The van der Waals surface area contributed by atoms with Crippen molar-refractivity contribution < 1.29 is 14.3 Å². The highest BCUT2D eigenvalue weighted by Gasteiger charge is 1.87. The number of hydrogen-bond acceptors (Lipinski definition) is 3. The normalized spacial score (nSPS) is 10.4.